The Labute approximate surface area is 109 Å². The van der Waals surface area contributed by atoms with Crippen LogP contribution in [0.15, 0.2) is 28.7 Å². The van der Waals surface area contributed by atoms with Crippen LogP contribution in [-0.2, 0) is 16.6 Å². The highest BCUT2D eigenvalue weighted by Gasteiger charge is 2.23. The zero-order chi connectivity index (χ0) is 13.2. The number of nitrogens with one attached hydrogen (secondary N) is 2. The van der Waals surface area contributed by atoms with Crippen LogP contribution in [0.4, 0.5) is 0 Å². The predicted octanol–water partition coefficient (Wildman–Crippen LogP) is 1.00. The molecule has 1 atom stereocenters. The third-order valence-corrected chi connectivity index (χ3v) is 5.03. The number of thiophene rings is 1. The molecule has 6 nitrogen and oxygen atoms in total. The van der Waals surface area contributed by atoms with Crippen molar-refractivity contribution in [2.24, 2.45) is 0 Å². The van der Waals surface area contributed by atoms with Gasteiger partial charge in [-0.05, 0) is 18.4 Å². The van der Waals surface area contributed by atoms with E-state index in [4.69, 9.17) is 5.11 Å². The van der Waals surface area contributed by atoms with Crippen LogP contribution in [0.5, 0.6) is 0 Å². The molecule has 0 aliphatic rings. The summed E-state index contributed by atoms with van der Waals surface area (Å²) in [4.78, 5) is 0.920. The molecule has 0 fully saturated rings. The lowest BCUT2D eigenvalue weighted by atomic mass is 10.3. The standard InChI is InChI=1S/C10H13N3O3S2/c1-7(9-3-2-4-17-9)13-18(15,16)10-8(6-14)5-11-12-10/h2-5,7,13-14H,6H2,1H3,(H,11,12). The van der Waals surface area contributed by atoms with Gasteiger partial charge >= 0.3 is 0 Å². The van der Waals surface area contributed by atoms with Gasteiger partial charge in [-0.15, -0.1) is 11.3 Å². The van der Waals surface area contributed by atoms with Crippen molar-refractivity contribution in [1.82, 2.24) is 14.9 Å². The highest BCUT2D eigenvalue weighted by Crippen LogP contribution is 2.21. The number of H-pyrrole nitrogens is 1. The minimum atomic E-state index is -3.71. The molecule has 0 spiro atoms. The Morgan fingerprint density at radius 3 is 3.00 bits per heavy atom. The van der Waals surface area contributed by atoms with Gasteiger partial charge in [0.25, 0.3) is 10.0 Å². The molecule has 8 heteroatoms. The van der Waals surface area contributed by atoms with Gasteiger partial charge in [-0.1, -0.05) is 6.07 Å². The average molecular weight is 287 g/mol. The van der Waals surface area contributed by atoms with Crippen LogP contribution >= 0.6 is 11.3 Å². The smallest absolute Gasteiger partial charge is 0.258 e. The van der Waals surface area contributed by atoms with Gasteiger partial charge in [0.15, 0.2) is 5.03 Å². The number of aliphatic hydroxyl groups excluding tert-OH is 1. The van der Waals surface area contributed by atoms with Crippen molar-refractivity contribution in [1.29, 1.82) is 0 Å². The molecule has 0 saturated carbocycles. The zero-order valence-electron chi connectivity index (χ0n) is 9.62. The number of rotatable bonds is 5. The second kappa shape index (κ2) is 5.19. The molecule has 0 radical (unpaired) electrons. The number of aliphatic hydroxyl groups is 1. The van der Waals surface area contributed by atoms with Gasteiger partial charge in [-0.3, -0.25) is 5.10 Å². The topological polar surface area (TPSA) is 95.1 Å². The van der Waals surface area contributed by atoms with E-state index in [1.165, 1.54) is 17.5 Å². The van der Waals surface area contributed by atoms with Crippen molar-refractivity contribution in [3.8, 4) is 0 Å². The van der Waals surface area contributed by atoms with Gasteiger partial charge in [0.2, 0.25) is 0 Å². The molecule has 2 aromatic heterocycles. The summed E-state index contributed by atoms with van der Waals surface area (Å²) in [5.41, 5.74) is 0.251. The van der Waals surface area contributed by atoms with E-state index in [0.29, 0.717) is 0 Å². The maximum atomic E-state index is 12.1. The third kappa shape index (κ3) is 2.61. The fourth-order valence-electron chi connectivity index (χ4n) is 1.53. The van der Waals surface area contributed by atoms with E-state index in [1.54, 1.807) is 6.92 Å². The van der Waals surface area contributed by atoms with Gasteiger partial charge in [0, 0.05) is 10.4 Å². The highest BCUT2D eigenvalue weighted by molar-refractivity contribution is 7.89. The number of aromatic amines is 1. The summed E-state index contributed by atoms with van der Waals surface area (Å²) in [5, 5.41) is 16.9. The summed E-state index contributed by atoms with van der Waals surface area (Å²) in [6, 6.07) is 3.39. The lowest BCUT2D eigenvalue weighted by molar-refractivity contribution is 0.278. The Balaban J connectivity index is 2.23. The second-order valence-corrected chi connectivity index (χ2v) is 6.37. The summed E-state index contributed by atoms with van der Waals surface area (Å²) < 4.78 is 26.7. The molecule has 98 valence electrons. The predicted molar refractivity (Wildman–Crippen MR) is 67.6 cm³/mol. The van der Waals surface area contributed by atoms with Crippen LogP contribution in [0.1, 0.15) is 23.4 Å². The first-order valence-electron chi connectivity index (χ1n) is 5.23. The van der Waals surface area contributed by atoms with Crippen LogP contribution in [0.3, 0.4) is 0 Å². The van der Waals surface area contributed by atoms with E-state index >= 15 is 0 Å². The van der Waals surface area contributed by atoms with Gasteiger partial charge in [0.1, 0.15) is 0 Å². The molecule has 18 heavy (non-hydrogen) atoms. The van der Waals surface area contributed by atoms with Crippen LogP contribution < -0.4 is 4.72 Å². The molecular formula is C10H13N3O3S2. The second-order valence-electron chi connectivity index (χ2n) is 3.74. The number of aromatic nitrogens is 2. The maximum absolute atomic E-state index is 12.1. The Morgan fingerprint density at radius 2 is 2.39 bits per heavy atom. The van der Waals surface area contributed by atoms with E-state index in [-0.39, 0.29) is 23.2 Å². The van der Waals surface area contributed by atoms with Crippen molar-refractivity contribution in [3.05, 3.63) is 34.2 Å². The number of hydrogen-bond acceptors (Lipinski definition) is 5. The summed E-state index contributed by atoms with van der Waals surface area (Å²) in [6.07, 6.45) is 1.30. The molecular weight excluding hydrogens is 274 g/mol. The third-order valence-electron chi connectivity index (χ3n) is 2.42. The van der Waals surface area contributed by atoms with Gasteiger partial charge in [0.05, 0.1) is 18.8 Å². The van der Waals surface area contributed by atoms with Gasteiger partial charge in [-0.2, -0.15) is 5.10 Å². The average Bonchev–Trinajstić information content (AvgIpc) is 2.99. The van der Waals surface area contributed by atoms with Crippen molar-refractivity contribution in [2.75, 3.05) is 0 Å². The Morgan fingerprint density at radius 1 is 1.61 bits per heavy atom. The fraction of sp³-hybridized carbons (Fsp3) is 0.300. The molecule has 2 rings (SSSR count). The van der Waals surface area contributed by atoms with E-state index in [2.05, 4.69) is 14.9 Å². The van der Waals surface area contributed by atoms with Crippen molar-refractivity contribution in [3.63, 3.8) is 0 Å². The Kier molecular flexibility index (Phi) is 3.81. The Hall–Kier alpha value is -1.22. The maximum Gasteiger partial charge on any atom is 0.258 e. The number of hydrogen-bond donors (Lipinski definition) is 3. The molecule has 0 bridgehead atoms. The Bertz CT molecular complexity index is 604. The largest absolute Gasteiger partial charge is 0.392 e. The van der Waals surface area contributed by atoms with Crippen molar-refractivity contribution >= 4 is 21.4 Å². The number of nitrogens with zero attached hydrogens (tertiary/aromatic N) is 1. The van der Waals surface area contributed by atoms with E-state index < -0.39 is 10.0 Å². The molecule has 0 amide bonds. The highest BCUT2D eigenvalue weighted by atomic mass is 32.2. The first-order chi connectivity index (χ1) is 8.54. The molecule has 1 unspecified atom stereocenters. The van der Waals surface area contributed by atoms with E-state index in [1.807, 2.05) is 17.5 Å². The fourth-order valence-corrected chi connectivity index (χ4v) is 3.69. The van der Waals surface area contributed by atoms with E-state index in [0.717, 1.165) is 4.88 Å². The minimum Gasteiger partial charge on any atom is -0.392 e. The summed E-state index contributed by atoms with van der Waals surface area (Å²) in [5.74, 6) is 0. The first-order valence-corrected chi connectivity index (χ1v) is 7.59. The molecule has 3 N–H and O–H groups in total. The molecule has 0 aromatic carbocycles. The lowest BCUT2D eigenvalue weighted by Gasteiger charge is -2.12. The van der Waals surface area contributed by atoms with Crippen LogP contribution in [0.2, 0.25) is 0 Å². The molecule has 2 heterocycles. The summed E-state index contributed by atoms with van der Waals surface area (Å²) >= 11 is 1.48. The quantitative estimate of drug-likeness (QED) is 0.764. The zero-order valence-corrected chi connectivity index (χ0v) is 11.3. The van der Waals surface area contributed by atoms with Crippen molar-refractivity contribution < 1.29 is 13.5 Å². The molecule has 0 aliphatic carbocycles. The first kappa shape index (κ1) is 13.2. The number of sulfonamides is 1. The van der Waals surface area contributed by atoms with Crippen molar-refractivity contribution in [2.45, 2.75) is 24.6 Å². The lowest BCUT2D eigenvalue weighted by Crippen LogP contribution is -2.27. The summed E-state index contributed by atoms with van der Waals surface area (Å²) in [7, 11) is -3.71. The van der Waals surface area contributed by atoms with Gasteiger partial charge < -0.3 is 5.11 Å². The molecule has 0 saturated heterocycles. The normalized spacial score (nSPS) is 13.7. The van der Waals surface area contributed by atoms with Crippen LogP contribution in [0, 0.1) is 0 Å². The van der Waals surface area contributed by atoms with Gasteiger partial charge in [-0.25, -0.2) is 13.1 Å². The summed E-state index contributed by atoms with van der Waals surface area (Å²) in [6.45, 7) is 1.39. The SMILES string of the molecule is CC(NS(=O)(=O)c1[nH]ncc1CO)c1cccs1. The van der Waals surface area contributed by atoms with Crippen LogP contribution in [0.25, 0.3) is 0 Å². The molecule has 2 aromatic rings. The molecule has 0 aliphatic heterocycles. The minimum absolute atomic E-state index is 0.0894. The monoisotopic (exact) mass is 287 g/mol. The van der Waals surface area contributed by atoms with E-state index in [9.17, 15) is 8.42 Å². The van der Waals surface area contributed by atoms with Crippen LogP contribution in [-0.4, -0.2) is 23.7 Å².